The van der Waals surface area contributed by atoms with Crippen LogP contribution in [0.5, 0.6) is 0 Å². The highest BCUT2D eigenvalue weighted by Gasteiger charge is 1.98. The van der Waals surface area contributed by atoms with Crippen molar-refractivity contribution in [3.63, 3.8) is 0 Å². The van der Waals surface area contributed by atoms with Gasteiger partial charge in [-0.1, -0.05) is 0 Å². The van der Waals surface area contributed by atoms with Crippen molar-refractivity contribution in [3.05, 3.63) is 40.6 Å². The molecule has 2 aromatic rings. The highest BCUT2D eigenvalue weighted by atomic mass is 32.1. The topological polar surface area (TPSA) is 29.9 Å². The first kappa shape index (κ1) is 12.3. The first-order valence-electron chi connectivity index (χ1n) is 6.05. The van der Waals surface area contributed by atoms with Gasteiger partial charge < -0.3 is 9.88 Å². The van der Waals surface area contributed by atoms with Crippen molar-refractivity contribution in [1.29, 1.82) is 0 Å². The number of hydrogen-bond donors (Lipinski definition) is 1. The summed E-state index contributed by atoms with van der Waals surface area (Å²) in [7, 11) is 0. The van der Waals surface area contributed by atoms with E-state index in [1.807, 2.05) is 30.1 Å². The number of unbranched alkanes of at least 4 members (excludes halogenated alkanes) is 1. The molecule has 4 heteroatoms. The summed E-state index contributed by atoms with van der Waals surface area (Å²) >= 11 is 1.84. The quantitative estimate of drug-likeness (QED) is 0.765. The monoisotopic (exact) mass is 249 g/mol. The van der Waals surface area contributed by atoms with Crippen LogP contribution in [0.1, 0.15) is 23.3 Å². The summed E-state index contributed by atoms with van der Waals surface area (Å²) in [5.41, 5.74) is 1.40. The Labute approximate surface area is 107 Å². The summed E-state index contributed by atoms with van der Waals surface area (Å²) in [6.07, 6.45) is 8.14. The van der Waals surface area contributed by atoms with E-state index >= 15 is 0 Å². The van der Waals surface area contributed by atoms with Gasteiger partial charge in [0, 0.05) is 30.4 Å². The Morgan fingerprint density at radius 2 is 2.35 bits per heavy atom. The van der Waals surface area contributed by atoms with Gasteiger partial charge in [0.2, 0.25) is 0 Å². The van der Waals surface area contributed by atoms with Gasteiger partial charge in [-0.25, -0.2) is 4.98 Å². The number of aryl methyl sites for hydroxylation is 2. The highest BCUT2D eigenvalue weighted by Crippen LogP contribution is 2.14. The van der Waals surface area contributed by atoms with Crippen LogP contribution in [0.2, 0.25) is 0 Å². The highest BCUT2D eigenvalue weighted by molar-refractivity contribution is 7.10. The van der Waals surface area contributed by atoms with E-state index in [9.17, 15) is 0 Å². The fourth-order valence-electron chi connectivity index (χ4n) is 1.75. The SMILES string of the molecule is Cc1ccsc1CNCCCCn1ccnc1. The summed E-state index contributed by atoms with van der Waals surface area (Å²) in [4.78, 5) is 5.49. The maximum absolute atomic E-state index is 4.03. The number of rotatable bonds is 7. The molecule has 2 heterocycles. The smallest absolute Gasteiger partial charge is 0.0945 e. The predicted octanol–water partition coefficient (Wildman–Crippen LogP) is 2.82. The molecule has 0 aliphatic rings. The Morgan fingerprint density at radius 1 is 1.41 bits per heavy atom. The molecule has 0 spiro atoms. The molecule has 1 N–H and O–H groups in total. The molecule has 0 aliphatic heterocycles. The molecule has 0 amide bonds. The number of hydrogen-bond acceptors (Lipinski definition) is 3. The Balaban J connectivity index is 1.54. The van der Waals surface area contributed by atoms with Crippen LogP contribution in [0.3, 0.4) is 0 Å². The standard InChI is InChI=1S/C13H19N3S/c1-12-4-9-17-13(12)10-14-5-2-3-7-16-8-6-15-11-16/h4,6,8-9,11,14H,2-3,5,7,10H2,1H3. The van der Waals surface area contributed by atoms with E-state index in [2.05, 4.69) is 33.2 Å². The molecule has 0 saturated heterocycles. The van der Waals surface area contributed by atoms with Gasteiger partial charge in [0.05, 0.1) is 6.33 Å². The van der Waals surface area contributed by atoms with Gasteiger partial charge >= 0.3 is 0 Å². The Bertz CT molecular complexity index is 420. The number of thiophene rings is 1. The zero-order valence-electron chi connectivity index (χ0n) is 10.2. The fraction of sp³-hybridized carbons (Fsp3) is 0.462. The van der Waals surface area contributed by atoms with Crippen LogP contribution in [0.15, 0.2) is 30.2 Å². The van der Waals surface area contributed by atoms with E-state index in [0.717, 1.165) is 19.6 Å². The fourth-order valence-corrected chi connectivity index (χ4v) is 2.63. The van der Waals surface area contributed by atoms with Crippen LogP contribution in [-0.4, -0.2) is 16.1 Å². The molecule has 0 saturated carbocycles. The molecule has 0 bridgehead atoms. The Hall–Kier alpha value is -1.13. The van der Waals surface area contributed by atoms with Crippen LogP contribution in [-0.2, 0) is 13.1 Å². The molecule has 92 valence electrons. The van der Waals surface area contributed by atoms with Gasteiger partial charge in [-0.15, -0.1) is 11.3 Å². The first-order chi connectivity index (χ1) is 8.36. The molecule has 0 aromatic carbocycles. The van der Waals surface area contributed by atoms with Gasteiger partial charge in [-0.2, -0.15) is 0 Å². The lowest BCUT2D eigenvalue weighted by molar-refractivity contribution is 0.569. The molecule has 3 nitrogen and oxygen atoms in total. The number of imidazole rings is 1. The van der Waals surface area contributed by atoms with Crippen LogP contribution in [0, 0.1) is 6.92 Å². The van der Waals surface area contributed by atoms with E-state index < -0.39 is 0 Å². The molecule has 0 aliphatic carbocycles. The van der Waals surface area contributed by atoms with E-state index in [1.165, 1.54) is 23.3 Å². The van der Waals surface area contributed by atoms with Crippen molar-refractivity contribution in [3.8, 4) is 0 Å². The second kappa shape index (κ2) is 6.57. The van der Waals surface area contributed by atoms with Gasteiger partial charge in [-0.05, 0) is 43.3 Å². The van der Waals surface area contributed by atoms with E-state index in [0.29, 0.717) is 0 Å². The lowest BCUT2D eigenvalue weighted by Crippen LogP contribution is -2.14. The average Bonchev–Trinajstić information content (AvgIpc) is 2.95. The van der Waals surface area contributed by atoms with Crippen LogP contribution >= 0.6 is 11.3 Å². The van der Waals surface area contributed by atoms with Crippen molar-refractivity contribution >= 4 is 11.3 Å². The van der Waals surface area contributed by atoms with Crippen molar-refractivity contribution < 1.29 is 0 Å². The average molecular weight is 249 g/mol. The number of aromatic nitrogens is 2. The summed E-state index contributed by atoms with van der Waals surface area (Å²) < 4.78 is 2.13. The maximum Gasteiger partial charge on any atom is 0.0945 e. The summed E-state index contributed by atoms with van der Waals surface area (Å²) in [5, 5.41) is 5.65. The van der Waals surface area contributed by atoms with Crippen molar-refractivity contribution in [2.24, 2.45) is 0 Å². The second-order valence-corrected chi connectivity index (χ2v) is 5.21. The largest absolute Gasteiger partial charge is 0.337 e. The van der Waals surface area contributed by atoms with E-state index in [1.54, 1.807) is 0 Å². The number of nitrogens with zero attached hydrogens (tertiary/aromatic N) is 2. The lowest BCUT2D eigenvalue weighted by Gasteiger charge is -2.05. The molecule has 0 radical (unpaired) electrons. The lowest BCUT2D eigenvalue weighted by atomic mass is 10.2. The van der Waals surface area contributed by atoms with Crippen LogP contribution in [0.4, 0.5) is 0 Å². The van der Waals surface area contributed by atoms with Crippen LogP contribution in [0.25, 0.3) is 0 Å². The molecule has 0 fully saturated rings. The second-order valence-electron chi connectivity index (χ2n) is 4.21. The zero-order chi connectivity index (χ0) is 11.9. The third kappa shape index (κ3) is 3.98. The molecular formula is C13H19N3S. The normalized spacial score (nSPS) is 10.9. The summed E-state index contributed by atoms with van der Waals surface area (Å²) in [6, 6.07) is 2.18. The molecule has 0 unspecified atom stereocenters. The van der Waals surface area contributed by atoms with E-state index in [-0.39, 0.29) is 0 Å². The van der Waals surface area contributed by atoms with Crippen molar-refractivity contribution in [2.75, 3.05) is 6.54 Å². The minimum atomic E-state index is 1.01. The first-order valence-corrected chi connectivity index (χ1v) is 6.93. The Kier molecular flexibility index (Phi) is 4.76. The van der Waals surface area contributed by atoms with Gasteiger partial charge in [0.15, 0.2) is 0 Å². The van der Waals surface area contributed by atoms with Crippen molar-refractivity contribution in [1.82, 2.24) is 14.9 Å². The molecular weight excluding hydrogens is 230 g/mol. The molecule has 17 heavy (non-hydrogen) atoms. The number of nitrogens with one attached hydrogen (secondary N) is 1. The third-order valence-corrected chi connectivity index (χ3v) is 3.86. The zero-order valence-corrected chi connectivity index (χ0v) is 11.0. The minimum Gasteiger partial charge on any atom is -0.337 e. The maximum atomic E-state index is 4.03. The van der Waals surface area contributed by atoms with Gasteiger partial charge in [-0.3, -0.25) is 0 Å². The summed E-state index contributed by atoms with van der Waals surface area (Å²) in [6.45, 7) is 5.34. The minimum absolute atomic E-state index is 1.01. The van der Waals surface area contributed by atoms with Gasteiger partial charge in [0.25, 0.3) is 0 Å². The molecule has 2 aromatic heterocycles. The van der Waals surface area contributed by atoms with E-state index in [4.69, 9.17) is 0 Å². The summed E-state index contributed by atoms with van der Waals surface area (Å²) in [5.74, 6) is 0. The van der Waals surface area contributed by atoms with Gasteiger partial charge in [0.1, 0.15) is 0 Å². The van der Waals surface area contributed by atoms with Crippen molar-refractivity contribution in [2.45, 2.75) is 32.9 Å². The molecule has 0 atom stereocenters. The Morgan fingerprint density at radius 3 is 3.06 bits per heavy atom. The predicted molar refractivity (Wildman–Crippen MR) is 72.2 cm³/mol. The third-order valence-electron chi connectivity index (χ3n) is 2.83. The molecule has 2 rings (SSSR count). The van der Waals surface area contributed by atoms with Crippen LogP contribution < -0.4 is 5.32 Å².